The predicted octanol–water partition coefficient (Wildman–Crippen LogP) is 2.97. The fourth-order valence-corrected chi connectivity index (χ4v) is 3.77. The Balaban J connectivity index is 4.37. The van der Waals surface area contributed by atoms with Crippen LogP contribution in [0.3, 0.4) is 0 Å². The Morgan fingerprint density at radius 2 is 1.94 bits per heavy atom. The van der Waals surface area contributed by atoms with E-state index >= 15 is 0 Å². The molecule has 0 saturated carbocycles. The second-order valence-corrected chi connectivity index (χ2v) is 7.84. The van der Waals surface area contributed by atoms with E-state index in [9.17, 15) is 9.00 Å². The molecule has 0 aliphatic rings. The Morgan fingerprint density at radius 1 is 1.38 bits per heavy atom. The molecule has 0 rings (SSSR count). The average Bonchev–Trinajstić information content (AvgIpc) is 2.12. The molecule has 0 aromatic heterocycles. The van der Waals surface area contributed by atoms with E-state index in [-0.39, 0.29) is 4.75 Å². The van der Waals surface area contributed by atoms with Crippen LogP contribution in [-0.4, -0.2) is 32.5 Å². The van der Waals surface area contributed by atoms with Crippen molar-refractivity contribution in [1.29, 1.82) is 0 Å². The molecule has 0 fully saturated rings. The maximum atomic E-state index is 11.9. The molecule has 0 radical (unpaired) electrons. The molecule has 1 unspecified atom stereocenters. The van der Waals surface area contributed by atoms with E-state index in [1.165, 1.54) is 15.1 Å². The van der Waals surface area contributed by atoms with Crippen molar-refractivity contribution in [3.05, 3.63) is 0 Å². The topological polar surface area (TPSA) is 46.6 Å². The third-order valence-corrected chi connectivity index (χ3v) is 5.30. The summed E-state index contributed by atoms with van der Waals surface area (Å²) in [6.07, 6.45) is 0.266. The quantitative estimate of drug-likeness (QED) is 0.718. The van der Waals surface area contributed by atoms with Crippen LogP contribution < -0.4 is 0 Å². The van der Waals surface area contributed by atoms with E-state index in [0.717, 1.165) is 6.42 Å². The second kappa shape index (κ2) is 7.17. The Kier molecular flexibility index (Phi) is 7.06. The van der Waals surface area contributed by atoms with Crippen molar-refractivity contribution in [3.8, 4) is 0 Å². The summed E-state index contributed by atoms with van der Waals surface area (Å²) in [5.41, 5.74) is 0. The van der Waals surface area contributed by atoms with Crippen LogP contribution in [0.2, 0.25) is 0 Å². The average molecular weight is 267 g/mol. The molecule has 0 saturated heterocycles. The van der Waals surface area contributed by atoms with E-state index in [0.29, 0.717) is 13.2 Å². The van der Waals surface area contributed by atoms with Crippen LogP contribution in [-0.2, 0) is 14.8 Å². The minimum atomic E-state index is -1.39. The maximum Gasteiger partial charge on any atom is 0.422 e. The third-order valence-electron chi connectivity index (χ3n) is 1.42. The molecular weight excluding hydrogens is 246 g/mol. The van der Waals surface area contributed by atoms with Gasteiger partial charge in [-0.1, -0.05) is 6.92 Å². The lowest BCUT2D eigenvalue weighted by molar-refractivity contribution is 0.128. The number of hydrogen-bond donors (Lipinski definition) is 0. The lowest BCUT2D eigenvalue weighted by Gasteiger charge is -2.23. The van der Waals surface area contributed by atoms with Gasteiger partial charge in [-0.25, -0.2) is 13.3 Å². The monoisotopic (exact) mass is 267 g/mol. The van der Waals surface area contributed by atoms with Gasteiger partial charge in [0.2, 0.25) is 0 Å². The standard InChI is InChI=1S/C10H21NO3S2/c1-6-8-14-9(12)11(7-2)16(13)15-10(3,4)5/h6-8H2,1-5H3. The summed E-state index contributed by atoms with van der Waals surface area (Å²) in [4.78, 5) is 11.6. The van der Waals surface area contributed by atoms with Crippen LogP contribution in [0.5, 0.6) is 0 Å². The molecule has 0 aliphatic heterocycles. The van der Waals surface area contributed by atoms with Crippen molar-refractivity contribution in [3.63, 3.8) is 0 Å². The number of amides is 1. The summed E-state index contributed by atoms with van der Waals surface area (Å²) < 4.78 is 17.9. The van der Waals surface area contributed by atoms with Gasteiger partial charge in [-0.2, -0.15) is 0 Å². The number of rotatable bonds is 5. The van der Waals surface area contributed by atoms with Gasteiger partial charge in [-0.05, 0) is 44.9 Å². The zero-order valence-corrected chi connectivity index (χ0v) is 12.2. The Labute approximate surface area is 104 Å². The molecule has 16 heavy (non-hydrogen) atoms. The van der Waals surface area contributed by atoms with Gasteiger partial charge >= 0.3 is 6.09 Å². The lowest BCUT2D eigenvalue weighted by Crippen LogP contribution is -2.33. The van der Waals surface area contributed by atoms with Crippen molar-refractivity contribution < 1.29 is 13.7 Å². The molecule has 1 amide bonds. The number of nitrogens with zero attached hydrogens (tertiary/aromatic N) is 1. The SMILES string of the molecule is CCCOC(=O)N(CC)S(=O)SC(C)(C)C. The summed E-state index contributed by atoms with van der Waals surface area (Å²) in [6, 6.07) is 0. The maximum absolute atomic E-state index is 11.9. The molecular formula is C10H21NO3S2. The predicted molar refractivity (Wildman–Crippen MR) is 69.5 cm³/mol. The largest absolute Gasteiger partial charge is 0.449 e. The summed E-state index contributed by atoms with van der Waals surface area (Å²) in [5, 5.41) is 0. The van der Waals surface area contributed by atoms with E-state index in [1.807, 2.05) is 27.7 Å². The van der Waals surface area contributed by atoms with E-state index in [4.69, 9.17) is 4.74 Å². The Bertz CT molecular complexity index is 251. The van der Waals surface area contributed by atoms with Gasteiger partial charge in [0.05, 0.1) is 6.61 Å². The van der Waals surface area contributed by atoms with Gasteiger partial charge in [-0.15, -0.1) is 0 Å². The Morgan fingerprint density at radius 3 is 2.31 bits per heavy atom. The molecule has 0 N–H and O–H groups in total. The normalized spacial score (nSPS) is 13.3. The van der Waals surface area contributed by atoms with Gasteiger partial charge in [0.15, 0.2) is 10.0 Å². The van der Waals surface area contributed by atoms with Crippen molar-refractivity contribution >= 4 is 26.9 Å². The molecule has 0 aromatic rings. The third kappa shape index (κ3) is 6.37. The van der Waals surface area contributed by atoms with Crippen LogP contribution in [0.4, 0.5) is 4.79 Å². The number of hydrogen-bond acceptors (Lipinski definition) is 4. The Hall–Kier alpha value is -0.230. The molecule has 0 heterocycles. The second-order valence-electron chi connectivity index (χ2n) is 4.22. The summed E-state index contributed by atoms with van der Waals surface area (Å²) in [7, 11) is -0.137. The first-order valence-electron chi connectivity index (χ1n) is 5.37. The number of carbonyl (C=O) groups is 1. The van der Waals surface area contributed by atoms with E-state index < -0.39 is 16.1 Å². The molecule has 0 bridgehead atoms. The fourth-order valence-electron chi connectivity index (χ4n) is 0.816. The lowest BCUT2D eigenvalue weighted by atomic mass is 10.3. The van der Waals surface area contributed by atoms with Gasteiger partial charge in [-0.3, -0.25) is 0 Å². The zero-order chi connectivity index (χ0) is 12.8. The minimum Gasteiger partial charge on any atom is -0.449 e. The highest BCUT2D eigenvalue weighted by molar-refractivity contribution is 8.68. The van der Waals surface area contributed by atoms with Gasteiger partial charge < -0.3 is 4.74 Å². The molecule has 6 heteroatoms. The van der Waals surface area contributed by atoms with Crippen LogP contribution >= 0.6 is 10.8 Å². The summed E-state index contributed by atoms with van der Waals surface area (Å²) >= 11 is 0. The minimum absolute atomic E-state index is 0.149. The van der Waals surface area contributed by atoms with E-state index in [1.54, 1.807) is 6.92 Å². The highest BCUT2D eigenvalue weighted by atomic mass is 33.1. The smallest absolute Gasteiger partial charge is 0.422 e. The molecule has 96 valence electrons. The van der Waals surface area contributed by atoms with Crippen LogP contribution in [0, 0.1) is 0 Å². The van der Waals surface area contributed by atoms with Crippen molar-refractivity contribution in [2.24, 2.45) is 0 Å². The van der Waals surface area contributed by atoms with Crippen molar-refractivity contribution in [1.82, 2.24) is 4.31 Å². The summed E-state index contributed by atoms with van der Waals surface area (Å²) in [5.74, 6) is 0. The molecule has 1 atom stereocenters. The zero-order valence-electron chi connectivity index (χ0n) is 10.6. The van der Waals surface area contributed by atoms with Crippen molar-refractivity contribution in [2.75, 3.05) is 13.2 Å². The first-order valence-corrected chi connectivity index (χ1v) is 7.81. The van der Waals surface area contributed by atoms with Crippen molar-refractivity contribution in [2.45, 2.75) is 45.8 Å². The molecule has 4 nitrogen and oxygen atoms in total. The van der Waals surface area contributed by atoms with Crippen LogP contribution in [0.1, 0.15) is 41.0 Å². The van der Waals surface area contributed by atoms with Gasteiger partial charge in [0.25, 0.3) is 0 Å². The van der Waals surface area contributed by atoms with Crippen LogP contribution in [0.15, 0.2) is 0 Å². The highest BCUT2D eigenvalue weighted by Crippen LogP contribution is 2.28. The number of ether oxygens (including phenoxy) is 1. The first kappa shape index (κ1) is 15.8. The van der Waals surface area contributed by atoms with Crippen LogP contribution in [0.25, 0.3) is 0 Å². The molecule has 0 aromatic carbocycles. The highest BCUT2D eigenvalue weighted by Gasteiger charge is 2.25. The van der Waals surface area contributed by atoms with Gasteiger partial charge in [0, 0.05) is 11.3 Å². The summed E-state index contributed by atoms with van der Waals surface area (Å²) in [6.45, 7) is 10.3. The molecule has 0 spiro atoms. The fraction of sp³-hybridized carbons (Fsp3) is 0.900. The number of carbonyl (C=O) groups excluding carboxylic acids is 1. The first-order chi connectivity index (χ1) is 7.31. The van der Waals surface area contributed by atoms with E-state index in [2.05, 4.69) is 0 Å². The molecule has 0 aliphatic carbocycles. The van der Waals surface area contributed by atoms with Gasteiger partial charge in [0.1, 0.15) is 0 Å².